The highest BCUT2D eigenvalue weighted by Gasteiger charge is 2.14. The van der Waals surface area contributed by atoms with Crippen LogP contribution in [0.4, 0.5) is 11.6 Å². The van der Waals surface area contributed by atoms with Gasteiger partial charge in [-0.1, -0.05) is 24.3 Å². The first kappa shape index (κ1) is 17.8. The third kappa shape index (κ3) is 3.73. The Morgan fingerprint density at radius 3 is 2.68 bits per heavy atom. The number of ether oxygens (including phenoxy) is 2. The van der Waals surface area contributed by atoms with Crippen molar-refractivity contribution in [3.05, 3.63) is 71.0 Å². The largest absolute Gasteiger partial charge is 0.454 e. The molecule has 0 bridgehead atoms. The number of anilines is 2. The maximum absolute atomic E-state index is 12.6. The van der Waals surface area contributed by atoms with Crippen LogP contribution in [0.15, 0.2) is 48.7 Å². The summed E-state index contributed by atoms with van der Waals surface area (Å²) in [5, 5.41) is 6.07. The van der Waals surface area contributed by atoms with Gasteiger partial charge in [0.1, 0.15) is 5.69 Å². The Morgan fingerprint density at radius 2 is 1.86 bits per heavy atom. The molecular weight excluding hydrogens is 356 g/mol. The number of fused-ring (bicyclic) bond motifs is 1. The van der Waals surface area contributed by atoms with Crippen LogP contribution in [0.25, 0.3) is 0 Å². The molecule has 7 nitrogen and oxygen atoms in total. The average molecular weight is 376 g/mol. The molecule has 0 aliphatic carbocycles. The van der Waals surface area contributed by atoms with Crippen LogP contribution < -0.4 is 20.1 Å². The second-order valence-electron chi connectivity index (χ2n) is 6.53. The van der Waals surface area contributed by atoms with Crippen molar-refractivity contribution in [2.75, 3.05) is 17.4 Å². The fourth-order valence-corrected chi connectivity index (χ4v) is 2.99. The first-order valence-electron chi connectivity index (χ1n) is 8.93. The van der Waals surface area contributed by atoms with Gasteiger partial charge in [0.15, 0.2) is 11.5 Å². The molecule has 0 unspecified atom stereocenters. The van der Waals surface area contributed by atoms with Gasteiger partial charge < -0.3 is 20.1 Å². The minimum Gasteiger partial charge on any atom is -0.454 e. The van der Waals surface area contributed by atoms with Gasteiger partial charge in [-0.3, -0.25) is 4.79 Å². The topological polar surface area (TPSA) is 85.4 Å². The van der Waals surface area contributed by atoms with Crippen LogP contribution in [0.3, 0.4) is 0 Å². The molecule has 0 atom stereocenters. The Hall–Kier alpha value is -3.61. The molecule has 0 spiro atoms. The summed E-state index contributed by atoms with van der Waals surface area (Å²) < 4.78 is 10.7. The summed E-state index contributed by atoms with van der Waals surface area (Å²) in [6, 6.07) is 13.2. The van der Waals surface area contributed by atoms with Crippen molar-refractivity contribution < 1.29 is 14.3 Å². The number of para-hydroxylation sites is 1. The van der Waals surface area contributed by atoms with Crippen LogP contribution in [0.1, 0.15) is 27.2 Å². The number of carbonyl (C=O) groups is 1. The van der Waals surface area contributed by atoms with Gasteiger partial charge in [0.2, 0.25) is 12.7 Å². The fraction of sp³-hybridized carbons (Fsp3) is 0.190. The van der Waals surface area contributed by atoms with Crippen molar-refractivity contribution >= 4 is 17.5 Å². The molecule has 7 heteroatoms. The second kappa shape index (κ2) is 7.56. The van der Waals surface area contributed by atoms with Gasteiger partial charge in [-0.05, 0) is 48.7 Å². The number of aryl methyl sites for hydroxylation is 2. The Bertz CT molecular complexity index is 1020. The van der Waals surface area contributed by atoms with E-state index in [9.17, 15) is 4.79 Å². The third-order valence-corrected chi connectivity index (χ3v) is 4.50. The Labute approximate surface area is 162 Å². The van der Waals surface area contributed by atoms with Crippen LogP contribution in [0.2, 0.25) is 0 Å². The number of nitrogens with one attached hydrogen (secondary N) is 2. The quantitative estimate of drug-likeness (QED) is 0.706. The van der Waals surface area contributed by atoms with E-state index < -0.39 is 0 Å². The van der Waals surface area contributed by atoms with E-state index in [1.54, 1.807) is 12.3 Å². The van der Waals surface area contributed by atoms with Crippen LogP contribution in [0.5, 0.6) is 11.5 Å². The molecule has 3 aromatic rings. The van der Waals surface area contributed by atoms with E-state index in [4.69, 9.17) is 9.47 Å². The molecule has 1 aromatic heterocycles. The molecular formula is C21H20N4O3. The molecule has 1 amide bonds. The summed E-state index contributed by atoms with van der Waals surface area (Å²) in [6.07, 6.45) is 1.56. The summed E-state index contributed by atoms with van der Waals surface area (Å²) in [7, 11) is 0. The second-order valence-corrected chi connectivity index (χ2v) is 6.53. The normalized spacial score (nSPS) is 11.9. The number of rotatable bonds is 5. The molecule has 2 N–H and O–H groups in total. The monoisotopic (exact) mass is 376 g/mol. The highest BCUT2D eigenvalue weighted by atomic mass is 16.7. The van der Waals surface area contributed by atoms with E-state index in [2.05, 4.69) is 20.6 Å². The number of amides is 1. The molecule has 4 rings (SSSR count). The fourth-order valence-electron chi connectivity index (χ4n) is 2.99. The number of aromatic nitrogens is 2. The zero-order valence-corrected chi connectivity index (χ0v) is 15.7. The number of hydrogen-bond acceptors (Lipinski definition) is 6. The van der Waals surface area contributed by atoms with E-state index >= 15 is 0 Å². The summed E-state index contributed by atoms with van der Waals surface area (Å²) in [4.78, 5) is 21.1. The van der Waals surface area contributed by atoms with E-state index in [-0.39, 0.29) is 12.7 Å². The van der Waals surface area contributed by atoms with Crippen LogP contribution in [-0.2, 0) is 6.54 Å². The maximum atomic E-state index is 12.6. The predicted octanol–water partition coefficient (Wildman–Crippen LogP) is 3.69. The van der Waals surface area contributed by atoms with Gasteiger partial charge >= 0.3 is 0 Å². The Kier molecular flexibility index (Phi) is 4.80. The van der Waals surface area contributed by atoms with E-state index in [0.717, 1.165) is 33.9 Å². The lowest BCUT2D eigenvalue weighted by Gasteiger charge is -2.11. The third-order valence-electron chi connectivity index (χ3n) is 4.50. The maximum Gasteiger partial charge on any atom is 0.274 e. The Balaban J connectivity index is 1.44. The summed E-state index contributed by atoms with van der Waals surface area (Å²) in [6.45, 7) is 4.66. The van der Waals surface area contributed by atoms with Gasteiger partial charge in [0, 0.05) is 18.4 Å². The van der Waals surface area contributed by atoms with Gasteiger partial charge in [-0.15, -0.1) is 0 Å². The molecule has 2 heterocycles. The van der Waals surface area contributed by atoms with Crippen molar-refractivity contribution in [3.63, 3.8) is 0 Å². The lowest BCUT2D eigenvalue weighted by molar-refractivity contribution is 0.102. The SMILES string of the molecule is Cc1cccc(C)c1NC(=O)c1ccnc(NCc2ccc3c(c2)OCO3)n1. The highest BCUT2D eigenvalue weighted by Crippen LogP contribution is 2.32. The van der Waals surface area contributed by atoms with Crippen molar-refractivity contribution in [2.45, 2.75) is 20.4 Å². The summed E-state index contributed by atoms with van der Waals surface area (Å²) >= 11 is 0. The van der Waals surface area contributed by atoms with Crippen molar-refractivity contribution in [2.24, 2.45) is 0 Å². The first-order chi connectivity index (χ1) is 13.6. The molecule has 28 heavy (non-hydrogen) atoms. The van der Waals surface area contributed by atoms with Gasteiger partial charge in [0.25, 0.3) is 5.91 Å². The van der Waals surface area contributed by atoms with E-state index in [0.29, 0.717) is 18.2 Å². The zero-order chi connectivity index (χ0) is 19.5. The van der Waals surface area contributed by atoms with Crippen LogP contribution >= 0.6 is 0 Å². The smallest absolute Gasteiger partial charge is 0.274 e. The zero-order valence-electron chi connectivity index (χ0n) is 15.7. The number of nitrogens with zero attached hydrogens (tertiary/aromatic N) is 2. The van der Waals surface area contributed by atoms with Gasteiger partial charge in [-0.25, -0.2) is 9.97 Å². The number of hydrogen-bond donors (Lipinski definition) is 2. The van der Waals surface area contributed by atoms with Gasteiger partial charge in [0.05, 0.1) is 0 Å². The summed E-state index contributed by atoms with van der Waals surface area (Å²) in [5.41, 5.74) is 4.11. The average Bonchev–Trinajstić information content (AvgIpc) is 3.17. The van der Waals surface area contributed by atoms with Crippen LogP contribution in [-0.4, -0.2) is 22.7 Å². The molecule has 1 aliphatic heterocycles. The molecule has 1 aliphatic rings. The first-order valence-corrected chi connectivity index (χ1v) is 8.93. The predicted molar refractivity (Wildman–Crippen MR) is 106 cm³/mol. The molecule has 0 radical (unpaired) electrons. The Morgan fingerprint density at radius 1 is 1.07 bits per heavy atom. The highest BCUT2D eigenvalue weighted by molar-refractivity contribution is 6.03. The number of benzene rings is 2. The molecule has 142 valence electrons. The van der Waals surface area contributed by atoms with E-state index in [1.807, 2.05) is 50.2 Å². The molecule has 0 fully saturated rings. The molecule has 0 saturated carbocycles. The minimum atomic E-state index is -0.272. The minimum absolute atomic E-state index is 0.243. The van der Waals surface area contributed by atoms with Gasteiger partial charge in [-0.2, -0.15) is 0 Å². The molecule has 2 aromatic carbocycles. The standard InChI is InChI=1S/C21H20N4O3/c1-13-4-3-5-14(2)19(13)25-20(26)16-8-9-22-21(24-16)23-11-15-6-7-17-18(10-15)28-12-27-17/h3-10H,11-12H2,1-2H3,(H,25,26)(H,22,23,24). The number of carbonyl (C=O) groups excluding carboxylic acids is 1. The van der Waals surface area contributed by atoms with Crippen LogP contribution in [0, 0.1) is 13.8 Å². The lowest BCUT2D eigenvalue weighted by atomic mass is 10.1. The van der Waals surface area contributed by atoms with Crippen molar-refractivity contribution in [1.82, 2.24) is 9.97 Å². The lowest BCUT2D eigenvalue weighted by Crippen LogP contribution is -2.16. The summed E-state index contributed by atoms with van der Waals surface area (Å²) in [5.74, 6) is 1.57. The van der Waals surface area contributed by atoms with Crippen molar-refractivity contribution in [3.8, 4) is 11.5 Å². The van der Waals surface area contributed by atoms with Crippen molar-refractivity contribution in [1.29, 1.82) is 0 Å². The molecule has 0 saturated heterocycles. The van der Waals surface area contributed by atoms with E-state index in [1.165, 1.54) is 0 Å².